The van der Waals surface area contributed by atoms with E-state index in [1.54, 1.807) is 24.3 Å². The predicted molar refractivity (Wildman–Crippen MR) is 120 cm³/mol. The van der Waals surface area contributed by atoms with Crippen molar-refractivity contribution in [2.45, 2.75) is 25.7 Å². The van der Waals surface area contributed by atoms with Gasteiger partial charge in [-0.05, 0) is 38.5 Å². The second-order valence-corrected chi connectivity index (χ2v) is 10.7. The number of aryl methyl sites for hydroxylation is 2. The number of ether oxygens (including phenoxy) is 1. The first kappa shape index (κ1) is 23.4. The molecule has 2 heterocycles. The van der Waals surface area contributed by atoms with Gasteiger partial charge in [0.1, 0.15) is 5.00 Å². The standard InChI is InChI=1S/C21H27N3O5S2/c1-14-5-7-17(8-6-14)31(27,28)24-11-9-23(10-12-24)13-18(25)22-20-19(21(26)29-4)15(2)16(3)30-20/h5-8H,9-13H2,1-4H3,(H,22,25). The first-order chi connectivity index (χ1) is 14.6. The average Bonchev–Trinajstić information content (AvgIpc) is 3.01. The summed E-state index contributed by atoms with van der Waals surface area (Å²) in [5.74, 6) is -0.728. The molecule has 1 aliphatic rings. The number of carbonyl (C=O) groups is 2. The Morgan fingerprint density at radius 3 is 2.26 bits per heavy atom. The molecule has 31 heavy (non-hydrogen) atoms. The fourth-order valence-electron chi connectivity index (χ4n) is 3.42. The van der Waals surface area contributed by atoms with Crippen LogP contribution in [0.2, 0.25) is 0 Å². The van der Waals surface area contributed by atoms with Gasteiger partial charge < -0.3 is 10.1 Å². The number of anilines is 1. The molecule has 0 bridgehead atoms. The normalized spacial score (nSPS) is 15.6. The highest BCUT2D eigenvalue weighted by Gasteiger charge is 2.29. The quantitative estimate of drug-likeness (QED) is 0.658. The lowest BCUT2D eigenvalue weighted by molar-refractivity contribution is -0.117. The number of nitrogens with one attached hydrogen (secondary N) is 1. The lowest BCUT2D eigenvalue weighted by Gasteiger charge is -2.33. The number of hydrogen-bond donors (Lipinski definition) is 1. The lowest BCUT2D eigenvalue weighted by atomic mass is 10.1. The minimum atomic E-state index is -3.54. The van der Waals surface area contributed by atoms with Crippen LogP contribution in [0, 0.1) is 20.8 Å². The molecule has 2 aromatic rings. The third kappa shape index (κ3) is 5.15. The lowest BCUT2D eigenvalue weighted by Crippen LogP contribution is -2.50. The van der Waals surface area contributed by atoms with E-state index in [9.17, 15) is 18.0 Å². The van der Waals surface area contributed by atoms with E-state index in [0.29, 0.717) is 36.7 Å². The topological polar surface area (TPSA) is 96.0 Å². The van der Waals surface area contributed by atoms with Gasteiger partial charge >= 0.3 is 5.97 Å². The molecule has 0 radical (unpaired) electrons. The maximum Gasteiger partial charge on any atom is 0.341 e. The summed E-state index contributed by atoms with van der Waals surface area (Å²) in [7, 11) is -2.23. The summed E-state index contributed by atoms with van der Waals surface area (Å²) in [6, 6.07) is 6.80. The van der Waals surface area contributed by atoms with E-state index in [1.807, 2.05) is 25.7 Å². The van der Waals surface area contributed by atoms with Gasteiger partial charge in [0.05, 0.1) is 24.1 Å². The molecule has 1 aromatic carbocycles. The number of esters is 1. The largest absolute Gasteiger partial charge is 0.465 e. The molecule has 0 atom stereocenters. The zero-order valence-corrected chi connectivity index (χ0v) is 19.7. The molecule has 1 N–H and O–H groups in total. The van der Waals surface area contributed by atoms with Gasteiger partial charge in [-0.2, -0.15) is 4.31 Å². The number of nitrogens with zero attached hydrogens (tertiary/aromatic N) is 2. The Bertz CT molecular complexity index is 1070. The van der Waals surface area contributed by atoms with E-state index in [-0.39, 0.29) is 17.3 Å². The van der Waals surface area contributed by atoms with Crippen LogP contribution in [-0.4, -0.2) is 69.3 Å². The Morgan fingerprint density at radius 1 is 1.06 bits per heavy atom. The highest BCUT2D eigenvalue weighted by molar-refractivity contribution is 7.89. The zero-order chi connectivity index (χ0) is 22.8. The van der Waals surface area contributed by atoms with Gasteiger partial charge in [-0.3, -0.25) is 9.69 Å². The molecule has 10 heteroatoms. The summed E-state index contributed by atoms with van der Waals surface area (Å²) < 4.78 is 31.9. The molecule has 1 aliphatic heterocycles. The summed E-state index contributed by atoms with van der Waals surface area (Å²) in [4.78, 5) is 27.8. The SMILES string of the molecule is COC(=O)c1c(NC(=O)CN2CCN(S(=O)(=O)c3ccc(C)cc3)CC2)sc(C)c1C. The maximum absolute atomic E-state index is 12.8. The molecule has 0 saturated carbocycles. The van der Waals surface area contributed by atoms with Crippen LogP contribution in [0.1, 0.15) is 26.4 Å². The summed E-state index contributed by atoms with van der Waals surface area (Å²) in [6.07, 6.45) is 0. The summed E-state index contributed by atoms with van der Waals surface area (Å²) >= 11 is 1.34. The number of piperazine rings is 1. The number of sulfonamides is 1. The average molecular weight is 466 g/mol. The fraction of sp³-hybridized carbons (Fsp3) is 0.429. The molecule has 168 valence electrons. The second kappa shape index (κ2) is 9.47. The van der Waals surface area contributed by atoms with E-state index >= 15 is 0 Å². The van der Waals surface area contributed by atoms with Crippen LogP contribution in [0.15, 0.2) is 29.2 Å². The van der Waals surface area contributed by atoms with Crippen LogP contribution in [0.4, 0.5) is 5.00 Å². The molecular weight excluding hydrogens is 438 g/mol. The first-order valence-corrected chi connectivity index (χ1v) is 12.2. The van der Waals surface area contributed by atoms with Crippen LogP contribution < -0.4 is 5.32 Å². The minimum Gasteiger partial charge on any atom is -0.465 e. The molecule has 1 saturated heterocycles. The van der Waals surface area contributed by atoms with Gasteiger partial charge in [0.25, 0.3) is 0 Å². The van der Waals surface area contributed by atoms with Gasteiger partial charge in [0, 0.05) is 31.1 Å². The van der Waals surface area contributed by atoms with E-state index < -0.39 is 16.0 Å². The molecular formula is C21H27N3O5S2. The number of rotatable bonds is 6. The van der Waals surface area contributed by atoms with Crippen molar-refractivity contribution in [1.29, 1.82) is 0 Å². The zero-order valence-electron chi connectivity index (χ0n) is 18.1. The fourth-order valence-corrected chi connectivity index (χ4v) is 5.91. The summed E-state index contributed by atoms with van der Waals surface area (Å²) in [5, 5.41) is 3.29. The Balaban J connectivity index is 1.59. The highest BCUT2D eigenvalue weighted by Crippen LogP contribution is 2.33. The smallest absolute Gasteiger partial charge is 0.341 e. The monoisotopic (exact) mass is 465 g/mol. The van der Waals surface area contributed by atoms with Crippen molar-refractivity contribution < 1.29 is 22.7 Å². The number of benzene rings is 1. The Morgan fingerprint density at radius 2 is 1.68 bits per heavy atom. The van der Waals surface area contributed by atoms with Crippen molar-refractivity contribution in [3.63, 3.8) is 0 Å². The van der Waals surface area contributed by atoms with Gasteiger partial charge in [0.15, 0.2) is 0 Å². The minimum absolute atomic E-state index is 0.120. The molecule has 1 aromatic heterocycles. The molecule has 3 rings (SSSR count). The van der Waals surface area contributed by atoms with Crippen LogP contribution >= 0.6 is 11.3 Å². The van der Waals surface area contributed by atoms with E-state index in [2.05, 4.69) is 5.32 Å². The number of hydrogen-bond acceptors (Lipinski definition) is 7. The van der Waals surface area contributed by atoms with Crippen molar-refractivity contribution in [1.82, 2.24) is 9.21 Å². The maximum atomic E-state index is 12.8. The Labute approximate surface area is 186 Å². The number of methoxy groups -OCH3 is 1. The van der Waals surface area contributed by atoms with Crippen LogP contribution in [0.25, 0.3) is 0 Å². The molecule has 1 amide bonds. The third-order valence-corrected chi connectivity index (χ3v) is 8.42. The molecule has 0 aliphatic carbocycles. The molecule has 8 nitrogen and oxygen atoms in total. The molecule has 0 unspecified atom stereocenters. The Kier molecular flexibility index (Phi) is 7.15. The third-order valence-electron chi connectivity index (χ3n) is 5.39. The molecule has 0 spiro atoms. The van der Waals surface area contributed by atoms with Crippen molar-refractivity contribution in [2.75, 3.05) is 45.2 Å². The van der Waals surface area contributed by atoms with Crippen LogP contribution in [0.3, 0.4) is 0 Å². The number of amides is 1. The van der Waals surface area contributed by atoms with E-state index in [0.717, 1.165) is 16.0 Å². The summed E-state index contributed by atoms with van der Waals surface area (Å²) in [6.45, 7) is 7.26. The van der Waals surface area contributed by atoms with E-state index in [1.165, 1.54) is 22.8 Å². The van der Waals surface area contributed by atoms with Crippen LogP contribution in [-0.2, 0) is 19.6 Å². The predicted octanol–water partition coefficient (Wildman–Crippen LogP) is 2.40. The highest BCUT2D eigenvalue weighted by atomic mass is 32.2. The van der Waals surface area contributed by atoms with Crippen molar-refractivity contribution >= 4 is 38.2 Å². The van der Waals surface area contributed by atoms with Gasteiger partial charge in [-0.25, -0.2) is 13.2 Å². The number of carbonyl (C=O) groups excluding carboxylic acids is 2. The van der Waals surface area contributed by atoms with Gasteiger partial charge in [-0.15, -0.1) is 11.3 Å². The van der Waals surface area contributed by atoms with E-state index in [4.69, 9.17) is 4.74 Å². The molecule has 1 fully saturated rings. The first-order valence-electron chi connectivity index (χ1n) is 9.90. The van der Waals surface area contributed by atoms with Gasteiger partial charge in [-0.1, -0.05) is 17.7 Å². The van der Waals surface area contributed by atoms with Crippen molar-refractivity contribution in [3.05, 3.63) is 45.8 Å². The summed E-state index contributed by atoms with van der Waals surface area (Å²) in [5.41, 5.74) is 2.18. The van der Waals surface area contributed by atoms with Crippen molar-refractivity contribution in [2.24, 2.45) is 0 Å². The van der Waals surface area contributed by atoms with Gasteiger partial charge in [0.2, 0.25) is 15.9 Å². The second-order valence-electron chi connectivity index (χ2n) is 7.52. The van der Waals surface area contributed by atoms with Crippen LogP contribution in [0.5, 0.6) is 0 Å². The Hall–Kier alpha value is -2.27. The van der Waals surface area contributed by atoms with Crippen molar-refractivity contribution in [3.8, 4) is 0 Å². The number of thiophene rings is 1.